The monoisotopic (exact) mass is 424 g/mol. The number of benzene rings is 2. The van der Waals surface area contributed by atoms with Gasteiger partial charge in [0, 0.05) is 43.1 Å². The summed E-state index contributed by atoms with van der Waals surface area (Å²) in [7, 11) is -3.17. The average molecular weight is 425 g/mol. The Hall–Kier alpha value is -3.02. The van der Waals surface area contributed by atoms with E-state index in [1.807, 2.05) is 24.3 Å². The minimum atomic E-state index is -3.17. The molecule has 6 nitrogen and oxygen atoms in total. The van der Waals surface area contributed by atoms with Crippen molar-refractivity contribution in [1.29, 1.82) is 5.26 Å². The lowest BCUT2D eigenvalue weighted by molar-refractivity contribution is 0.466. The van der Waals surface area contributed by atoms with E-state index in [1.54, 1.807) is 24.5 Å². The zero-order chi connectivity index (χ0) is 21.3. The Labute approximate surface area is 175 Å². The van der Waals surface area contributed by atoms with Gasteiger partial charge >= 0.3 is 0 Å². The molecule has 3 aromatic rings. The molecule has 2 heterocycles. The van der Waals surface area contributed by atoms with Gasteiger partial charge in [-0.05, 0) is 59.2 Å². The molecular weight excluding hydrogens is 403 g/mol. The third kappa shape index (κ3) is 4.13. The van der Waals surface area contributed by atoms with Crippen LogP contribution in [0.15, 0.2) is 48.8 Å². The van der Waals surface area contributed by atoms with E-state index < -0.39 is 15.8 Å². The maximum atomic E-state index is 13.7. The van der Waals surface area contributed by atoms with Gasteiger partial charge in [-0.2, -0.15) is 5.26 Å². The standard InChI is InChI=1S/C22H21FN4O2S/c1-30(28,29)27-7-5-15(14-27)12-26-22-10-18(9-17-4-6-25-13-20(17)22)16-2-3-21(23)19(8-16)11-24/h2-4,6,8-10,13,15,26H,5,7,12,14H2,1H3. The number of nitrogens with one attached hydrogen (secondary N) is 1. The fraction of sp³-hybridized carbons (Fsp3) is 0.273. The van der Waals surface area contributed by atoms with Crippen LogP contribution in [0.4, 0.5) is 10.1 Å². The second kappa shape index (κ2) is 8.01. The molecule has 0 bridgehead atoms. The molecule has 0 saturated carbocycles. The van der Waals surface area contributed by atoms with Crippen molar-refractivity contribution in [2.24, 2.45) is 5.92 Å². The Kier molecular flexibility index (Phi) is 5.41. The van der Waals surface area contributed by atoms with E-state index >= 15 is 0 Å². The van der Waals surface area contributed by atoms with Crippen LogP contribution < -0.4 is 5.32 Å². The number of anilines is 1. The van der Waals surface area contributed by atoms with Crippen molar-refractivity contribution < 1.29 is 12.8 Å². The van der Waals surface area contributed by atoms with Gasteiger partial charge < -0.3 is 5.32 Å². The van der Waals surface area contributed by atoms with Crippen LogP contribution in [0.1, 0.15) is 12.0 Å². The Morgan fingerprint density at radius 1 is 1.27 bits per heavy atom. The second-order valence-electron chi connectivity index (χ2n) is 7.58. The highest BCUT2D eigenvalue weighted by Crippen LogP contribution is 2.32. The number of pyridine rings is 1. The van der Waals surface area contributed by atoms with Crippen molar-refractivity contribution in [3.8, 4) is 17.2 Å². The van der Waals surface area contributed by atoms with Crippen molar-refractivity contribution in [3.05, 3.63) is 60.2 Å². The summed E-state index contributed by atoms with van der Waals surface area (Å²) in [4.78, 5) is 4.22. The number of fused-ring (bicyclic) bond motifs is 1. The summed E-state index contributed by atoms with van der Waals surface area (Å²) >= 11 is 0. The highest BCUT2D eigenvalue weighted by molar-refractivity contribution is 7.88. The Balaban J connectivity index is 1.64. The lowest BCUT2D eigenvalue weighted by Gasteiger charge is -2.16. The molecule has 1 aliphatic heterocycles. The summed E-state index contributed by atoms with van der Waals surface area (Å²) in [5.41, 5.74) is 2.48. The third-order valence-electron chi connectivity index (χ3n) is 5.47. The molecule has 1 aromatic heterocycles. The molecule has 1 N–H and O–H groups in total. The van der Waals surface area contributed by atoms with Crippen molar-refractivity contribution in [3.63, 3.8) is 0 Å². The summed E-state index contributed by atoms with van der Waals surface area (Å²) in [6, 6.07) is 12.2. The Morgan fingerprint density at radius 3 is 2.83 bits per heavy atom. The van der Waals surface area contributed by atoms with Gasteiger partial charge in [-0.1, -0.05) is 6.07 Å². The van der Waals surface area contributed by atoms with Crippen LogP contribution in [0.5, 0.6) is 0 Å². The summed E-state index contributed by atoms with van der Waals surface area (Å²) in [5, 5.41) is 14.5. The van der Waals surface area contributed by atoms with Gasteiger partial charge in [-0.3, -0.25) is 4.98 Å². The van der Waals surface area contributed by atoms with E-state index in [-0.39, 0.29) is 11.5 Å². The van der Waals surface area contributed by atoms with Crippen LogP contribution in [0.3, 0.4) is 0 Å². The third-order valence-corrected chi connectivity index (χ3v) is 6.74. The fourth-order valence-electron chi connectivity index (χ4n) is 3.82. The smallest absolute Gasteiger partial charge is 0.211 e. The molecule has 1 aliphatic rings. The molecule has 8 heteroatoms. The van der Waals surface area contributed by atoms with Crippen LogP contribution in [0, 0.1) is 23.1 Å². The van der Waals surface area contributed by atoms with Crippen LogP contribution in [-0.4, -0.2) is 43.6 Å². The molecule has 0 aliphatic carbocycles. The van der Waals surface area contributed by atoms with Crippen molar-refractivity contribution in [1.82, 2.24) is 9.29 Å². The molecule has 154 valence electrons. The first-order valence-electron chi connectivity index (χ1n) is 9.62. The summed E-state index contributed by atoms with van der Waals surface area (Å²) in [5.74, 6) is -0.327. The minimum Gasteiger partial charge on any atom is -0.384 e. The summed E-state index contributed by atoms with van der Waals surface area (Å²) < 4.78 is 38.8. The quantitative estimate of drug-likeness (QED) is 0.676. The normalized spacial score (nSPS) is 17.2. The Morgan fingerprint density at radius 2 is 2.10 bits per heavy atom. The molecule has 1 fully saturated rings. The number of rotatable bonds is 5. The van der Waals surface area contributed by atoms with Gasteiger partial charge in [-0.15, -0.1) is 0 Å². The zero-order valence-electron chi connectivity index (χ0n) is 16.5. The number of hydrogen-bond acceptors (Lipinski definition) is 5. The summed E-state index contributed by atoms with van der Waals surface area (Å²) in [6.45, 7) is 1.68. The molecule has 4 rings (SSSR count). The van der Waals surface area contributed by atoms with Crippen LogP contribution in [-0.2, 0) is 10.0 Å². The number of sulfonamides is 1. The topological polar surface area (TPSA) is 86.1 Å². The second-order valence-corrected chi connectivity index (χ2v) is 9.57. The average Bonchev–Trinajstić information content (AvgIpc) is 3.22. The van der Waals surface area contributed by atoms with Crippen LogP contribution in [0.25, 0.3) is 21.9 Å². The highest BCUT2D eigenvalue weighted by atomic mass is 32.2. The first-order valence-corrected chi connectivity index (χ1v) is 11.5. The van der Waals surface area contributed by atoms with Crippen LogP contribution >= 0.6 is 0 Å². The zero-order valence-corrected chi connectivity index (χ0v) is 17.3. The number of nitriles is 1. The van der Waals surface area contributed by atoms with Gasteiger partial charge in [0.15, 0.2) is 0 Å². The van der Waals surface area contributed by atoms with Gasteiger partial charge in [0.05, 0.1) is 11.8 Å². The highest BCUT2D eigenvalue weighted by Gasteiger charge is 2.28. The van der Waals surface area contributed by atoms with E-state index in [9.17, 15) is 12.8 Å². The lowest BCUT2D eigenvalue weighted by atomic mass is 9.99. The molecule has 2 aromatic carbocycles. The lowest BCUT2D eigenvalue weighted by Crippen LogP contribution is -2.28. The molecule has 1 saturated heterocycles. The van der Waals surface area contributed by atoms with E-state index in [0.29, 0.717) is 19.6 Å². The number of nitrogens with zero attached hydrogens (tertiary/aromatic N) is 3. The SMILES string of the molecule is CS(=O)(=O)N1CCC(CNc2cc(-c3ccc(F)c(C#N)c3)cc3ccncc23)C1. The number of hydrogen-bond donors (Lipinski definition) is 1. The Bertz CT molecular complexity index is 1250. The van der Waals surface area contributed by atoms with Gasteiger partial charge in [-0.25, -0.2) is 17.1 Å². The van der Waals surface area contributed by atoms with E-state index in [0.717, 1.165) is 34.0 Å². The van der Waals surface area contributed by atoms with Gasteiger partial charge in [0.1, 0.15) is 11.9 Å². The minimum absolute atomic E-state index is 0.00339. The maximum Gasteiger partial charge on any atom is 0.211 e. The predicted octanol–water partition coefficient (Wildman–Crippen LogP) is 3.61. The number of halogens is 1. The molecule has 1 atom stereocenters. The van der Waals surface area contributed by atoms with E-state index in [4.69, 9.17) is 5.26 Å². The van der Waals surface area contributed by atoms with Gasteiger partial charge in [0.2, 0.25) is 10.0 Å². The first kappa shape index (κ1) is 20.3. The molecule has 0 radical (unpaired) electrons. The van der Waals surface area contributed by atoms with Crippen molar-refractivity contribution in [2.45, 2.75) is 6.42 Å². The van der Waals surface area contributed by atoms with Gasteiger partial charge in [0.25, 0.3) is 0 Å². The molecule has 30 heavy (non-hydrogen) atoms. The van der Waals surface area contributed by atoms with Crippen molar-refractivity contribution in [2.75, 3.05) is 31.2 Å². The fourth-order valence-corrected chi connectivity index (χ4v) is 4.74. The first-order chi connectivity index (χ1) is 14.3. The predicted molar refractivity (Wildman–Crippen MR) is 115 cm³/mol. The molecule has 0 amide bonds. The molecule has 1 unspecified atom stereocenters. The van der Waals surface area contributed by atoms with E-state index in [1.165, 1.54) is 16.6 Å². The summed E-state index contributed by atoms with van der Waals surface area (Å²) in [6.07, 6.45) is 5.54. The molecular formula is C22H21FN4O2S. The largest absolute Gasteiger partial charge is 0.384 e. The van der Waals surface area contributed by atoms with Crippen LogP contribution in [0.2, 0.25) is 0 Å². The molecule has 0 spiro atoms. The van der Waals surface area contributed by atoms with Crippen molar-refractivity contribution >= 4 is 26.5 Å². The number of aromatic nitrogens is 1. The van der Waals surface area contributed by atoms with E-state index in [2.05, 4.69) is 10.3 Å². The maximum absolute atomic E-state index is 13.7.